The van der Waals surface area contributed by atoms with E-state index < -0.39 is 0 Å². The maximum absolute atomic E-state index is 13.1. The van der Waals surface area contributed by atoms with Crippen molar-refractivity contribution in [1.29, 1.82) is 0 Å². The van der Waals surface area contributed by atoms with Crippen LogP contribution < -0.4 is 15.6 Å². The Balaban J connectivity index is 1.96. The lowest BCUT2D eigenvalue weighted by Gasteiger charge is -2.13. The van der Waals surface area contributed by atoms with Crippen LogP contribution in [0.3, 0.4) is 0 Å². The molecular weight excluding hydrogens is 366 g/mol. The lowest BCUT2D eigenvalue weighted by Crippen LogP contribution is -2.28. The number of carbonyl (C=O) groups is 1. The first-order valence-electron chi connectivity index (χ1n) is 10.2. The molecule has 29 heavy (non-hydrogen) atoms. The van der Waals surface area contributed by atoms with Gasteiger partial charge in [-0.2, -0.15) is 5.10 Å². The minimum atomic E-state index is -0.365. The van der Waals surface area contributed by atoms with Crippen molar-refractivity contribution in [3.05, 3.63) is 64.6 Å². The number of amides is 1. The molecule has 1 amide bonds. The van der Waals surface area contributed by atoms with Crippen molar-refractivity contribution in [2.45, 2.75) is 46.1 Å². The summed E-state index contributed by atoms with van der Waals surface area (Å²) in [6, 6.07) is 14.4. The van der Waals surface area contributed by atoms with Gasteiger partial charge in [-0.1, -0.05) is 56.5 Å². The van der Waals surface area contributed by atoms with E-state index in [1.807, 2.05) is 19.1 Å². The Morgan fingerprint density at radius 3 is 2.48 bits per heavy atom. The summed E-state index contributed by atoms with van der Waals surface area (Å²) in [4.78, 5) is 25.9. The number of hydrogen-bond donors (Lipinski definition) is 1. The second-order valence-electron chi connectivity index (χ2n) is 6.87. The molecule has 0 fully saturated rings. The van der Waals surface area contributed by atoms with Crippen LogP contribution in [0.5, 0.6) is 5.75 Å². The van der Waals surface area contributed by atoms with Crippen molar-refractivity contribution in [3.8, 4) is 5.75 Å². The summed E-state index contributed by atoms with van der Waals surface area (Å²) in [5.41, 5.74) is 0.649. The maximum Gasteiger partial charge on any atom is 0.276 e. The summed E-state index contributed by atoms with van der Waals surface area (Å²) in [6.45, 7) is 5.03. The van der Waals surface area contributed by atoms with E-state index in [9.17, 15) is 9.59 Å². The molecule has 1 aromatic heterocycles. The van der Waals surface area contributed by atoms with E-state index in [4.69, 9.17) is 4.74 Å². The quantitative estimate of drug-likeness (QED) is 0.538. The van der Waals surface area contributed by atoms with Gasteiger partial charge in [0.15, 0.2) is 5.69 Å². The fraction of sp³-hybridized carbons (Fsp3) is 0.348. The van der Waals surface area contributed by atoms with E-state index in [1.165, 1.54) is 4.68 Å². The average molecular weight is 393 g/mol. The number of fused-ring (bicyclic) bond motifs is 1. The van der Waals surface area contributed by atoms with Gasteiger partial charge in [-0.05, 0) is 31.5 Å². The van der Waals surface area contributed by atoms with Gasteiger partial charge in [0.05, 0.1) is 17.7 Å². The zero-order chi connectivity index (χ0) is 20.6. The molecule has 6 heteroatoms. The van der Waals surface area contributed by atoms with Crippen molar-refractivity contribution in [2.24, 2.45) is 0 Å². The first-order valence-corrected chi connectivity index (χ1v) is 10.2. The van der Waals surface area contributed by atoms with Crippen LogP contribution >= 0.6 is 0 Å². The van der Waals surface area contributed by atoms with Crippen LogP contribution in [0.15, 0.2) is 53.3 Å². The standard InChI is InChI=1S/C23H27N3O3/c1-3-5-6-11-16-26-23(28)18-13-8-7-12-17(18)21(25-26)22(27)24-19-14-9-10-15-20(19)29-4-2/h7-10,12-15H,3-6,11,16H2,1-2H3,(H,24,27). The molecule has 0 radical (unpaired) electrons. The Kier molecular flexibility index (Phi) is 7.00. The normalized spacial score (nSPS) is 10.8. The molecule has 2 aromatic carbocycles. The highest BCUT2D eigenvalue weighted by molar-refractivity contribution is 6.11. The van der Waals surface area contributed by atoms with Crippen molar-refractivity contribution in [2.75, 3.05) is 11.9 Å². The highest BCUT2D eigenvalue weighted by atomic mass is 16.5. The number of aromatic nitrogens is 2. The topological polar surface area (TPSA) is 73.2 Å². The number of para-hydroxylation sites is 2. The van der Waals surface area contributed by atoms with E-state index >= 15 is 0 Å². The Morgan fingerprint density at radius 1 is 1.00 bits per heavy atom. The number of carbonyl (C=O) groups excluding carboxylic acids is 1. The molecule has 0 saturated carbocycles. The van der Waals surface area contributed by atoms with Gasteiger partial charge in [0, 0.05) is 11.9 Å². The minimum Gasteiger partial charge on any atom is -0.492 e. The van der Waals surface area contributed by atoms with Gasteiger partial charge in [-0.25, -0.2) is 4.68 Å². The van der Waals surface area contributed by atoms with Gasteiger partial charge in [0.2, 0.25) is 0 Å². The first kappa shape index (κ1) is 20.6. The third-order valence-corrected chi connectivity index (χ3v) is 4.74. The Bertz CT molecular complexity index is 1040. The number of benzene rings is 2. The molecule has 0 unspecified atom stereocenters. The number of unbranched alkanes of at least 4 members (excludes halogenated alkanes) is 3. The Hall–Kier alpha value is -3.15. The zero-order valence-electron chi connectivity index (χ0n) is 17.0. The fourth-order valence-corrected chi connectivity index (χ4v) is 3.28. The van der Waals surface area contributed by atoms with Crippen LogP contribution in [-0.2, 0) is 6.54 Å². The molecule has 3 rings (SSSR count). The lowest BCUT2D eigenvalue weighted by molar-refractivity contribution is 0.102. The molecule has 0 aliphatic heterocycles. The second kappa shape index (κ2) is 9.87. The Morgan fingerprint density at radius 2 is 1.72 bits per heavy atom. The molecule has 3 aromatic rings. The van der Waals surface area contributed by atoms with Crippen LogP contribution in [0.1, 0.15) is 50.0 Å². The van der Waals surface area contributed by atoms with Crippen molar-refractivity contribution < 1.29 is 9.53 Å². The minimum absolute atomic E-state index is 0.164. The van der Waals surface area contributed by atoms with Gasteiger partial charge in [0.1, 0.15) is 5.75 Å². The van der Waals surface area contributed by atoms with E-state index in [-0.39, 0.29) is 17.2 Å². The van der Waals surface area contributed by atoms with Crippen LogP contribution in [0.2, 0.25) is 0 Å². The van der Waals surface area contributed by atoms with Gasteiger partial charge < -0.3 is 10.1 Å². The van der Waals surface area contributed by atoms with Crippen molar-refractivity contribution in [3.63, 3.8) is 0 Å². The number of hydrogen-bond acceptors (Lipinski definition) is 4. The number of rotatable bonds is 9. The summed E-state index contributed by atoms with van der Waals surface area (Å²) >= 11 is 0. The summed E-state index contributed by atoms with van der Waals surface area (Å²) in [7, 11) is 0. The van der Waals surface area contributed by atoms with Crippen molar-refractivity contribution in [1.82, 2.24) is 9.78 Å². The summed E-state index contributed by atoms with van der Waals surface area (Å²) in [6.07, 6.45) is 4.12. The molecule has 152 valence electrons. The van der Waals surface area contributed by atoms with E-state index in [2.05, 4.69) is 17.3 Å². The molecule has 6 nitrogen and oxygen atoms in total. The van der Waals surface area contributed by atoms with Gasteiger partial charge in [0.25, 0.3) is 11.5 Å². The third kappa shape index (κ3) is 4.83. The number of nitrogens with one attached hydrogen (secondary N) is 1. The summed E-state index contributed by atoms with van der Waals surface area (Å²) in [5, 5.41) is 8.36. The highest BCUT2D eigenvalue weighted by Gasteiger charge is 2.18. The lowest BCUT2D eigenvalue weighted by atomic mass is 10.1. The molecule has 0 atom stereocenters. The average Bonchev–Trinajstić information content (AvgIpc) is 2.74. The highest BCUT2D eigenvalue weighted by Crippen LogP contribution is 2.25. The first-order chi connectivity index (χ1) is 14.2. The summed E-state index contributed by atoms with van der Waals surface area (Å²) < 4.78 is 7.01. The number of anilines is 1. The van der Waals surface area contributed by atoms with Crippen molar-refractivity contribution >= 4 is 22.4 Å². The predicted molar refractivity (Wildman–Crippen MR) is 116 cm³/mol. The van der Waals surface area contributed by atoms with E-state index in [0.717, 1.165) is 25.7 Å². The predicted octanol–water partition coefficient (Wildman–Crippen LogP) is 4.63. The monoisotopic (exact) mass is 393 g/mol. The number of ether oxygens (including phenoxy) is 1. The van der Waals surface area contributed by atoms with Gasteiger partial charge in [-0.15, -0.1) is 0 Å². The number of aryl methyl sites for hydroxylation is 1. The molecule has 0 aliphatic rings. The SMILES string of the molecule is CCCCCCn1nc(C(=O)Nc2ccccc2OCC)c2ccccc2c1=O. The molecule has 0 aliphatic carbocycles. The van der Waals surface area contributed by atoms with E-state index in [1.54, 1.807) is 36.4 Å². The molecule has 0 bridgehead atoms. The Labute approximate surface area is 170 Å². The smallest absolute Gasteiger partial charge is 0.276 e. The third-order valence-electron chi connectivity index (χ3n) is 4.74. The molecule has 0 spiro atoms. The van der Waals surface area contributed by atoms with Gasteiger partial charge >= 0.3 is 0 Å². The zero-order valence-corrected chi connectivity index (χ0v) is 17.0. The van der Waals surface area contributed by atoms with Crippen LogP contribution in [0, 0.1) is 0 Å². The van der Waals surface area contributed by atoms with Gasteiger partial charge in [-0.3, -0.25) is 9.59 Å². The number of nitrogens with zero attached hydrogens (tertiary/aromatic N) is 2. The second-order valence-corrected chi connectivity index (χ2v) is 6.87. The fourth-order valence-electron chi connectivity index (χ4n) is 3.28. The van der Waals surface area contributed by atoms with Crippen LogP contribution in [0.4, 0.5) is 5.69 Å². The summed E-state index contributed by atoms with van der Waals surface area (Å²) in [5.74, 6) is 0.233. The van der Waals surface area contributed by atoms with Crippen LogP contribution in [0.25, 0.3) is 10.8 Å². The molecule has 1 N–H and O–H groups in total. The molecular formula is C23H27N3O3. The van der Waals surface area contributed by atoms with Crippen LogP contribution in [-0.4, -0.2) is 22.3 Å². The molecule has 1 heterocycles. The van der Waals surface area contributed by atoms with E-state index in [0.29, 0.717) is 35.4 Å². The molecule has 0 saturated heterocycles. The maximum atomic E-state index is 13.1. The largest absolute Gasteiger partial charge is 0.492 e.